The summed E-state index contributed by atoms with van der Waals surface area (Å²) >= 11 is 12.4. The Hall–Kier alpha value is -0.530. The molecule has 0 spiro atoms. The van der Waals surface area contributed by atoms with Gasteiger partial charge in [-0.25, -0.2) is 13.1 Å². The zero-order chi connectivity index (χ0) is 18.0. The monoisotopic (exact) mass is 405 g/mol. The highest BCUT2D eigenvalue weighted by atomic mass is 35.5. The van der Waals surface area contributed by atoms with Gasteiger partial charge < -0.3 is 4.90 Å². The molecule has 3 rings (SSSR count). The van der Waals surface area contributed by atoms with E-state index in [1.807, 2.05) is 18.2 Å². The first-order valence-electron chi connectivity index (χ1n) is 8.70. The van der Waals surface area contributed by atoms with Crippen LogP contribution in [0.15, 0.2) is 18.2 Å². The first-order valence-corrected chi connectivity index (χ1v) is 11.3. The van der Waals surface area contributed by atoms with Crippen molar-refractivity contribution >= 4 is 38.9 Å². The number of benzene rings is 1. The van der Waals surface area contributed by atoms with Gasteiger partial charge in [-0.05, 0) is 43.9 Å². The number of hydrogen-bond donors (Lipinski definition) is 1. The Morgan fingerprint density at radius 1 is 1.16 bits per heavy atom. The maximum Gasteiger partial charge on any atom is 0.208 e. The lowest BCUT2D eigenvalue weighted by atomic mass is 9.79. The normalized spacial score (nSPS) is 25.0. The van der Waals surface area contributed by atoms with E-state index < -0.39 is 10.0 Å². The summed E-state index contributed by atoms with van der Waals surface area (Å²) in [5.41, 5.74) is 1.02. The van der Waals surface area contributed by atoms with E-state index in [9.17, 15) is 8.42 Å². The molecule has 1 saturated carbocycles. The molecule has 0 atom stereocenters. The van der Waals surface area contributed by atoms with Gasteiger partial charge in [-0.1, -0.05) is 29.3 Å². The van der Waals surface area contributed by atoms with Gasteiger partial charge in [0.25, 0.3) is 0 Å². The quantitative estimate of drug-likeness (QED) is 0.790. The molecule has 1 aliphatic carbocycles. The second-order valence-electron chi connectivity index (χ2n) is 7.11. The molecule has 0 aromatic heterocycles. The van der Waals surface area contributed by atoms with E-state index in [0.29, 0.717) is 16.0 Å². The van der Waals surface area contributed by atoms with Crippen LogP contribution < -0.4 is 9.62 Å². The van der Waals surface area contributed by atoms with E-state index in [1.165, 1.54) is 6.26 Å². The van der Waals surface area contributed by atoms with E-state index >= 15 is 0 Å². The van der Waals surface area contributed by atoms with Crippen molar-refractivity contribution in [2.45, 2.75) is 25.3 Å². The Labute approximate surface area is 160 Å². The molecule has 1 aliphatic heterocycles. The van der Waals surface area contributed by atoms with Crippen LogP contribution in [0.5, 0.6) is 0 Å². The number of anilines is 1. The number of rotatable bonds is 6. The summed E-state index contributed by atoms with van der Waals surface area (Å²) in [4.78, 5) is 4.77. The second kappa shape index (κ2) is 8.01. The number of nitrogens with zero attached hydrogens (tertiary/aromatic N) is 2. The summed E-state index contributed by atoms with van der Waals surface area (Å²) in [6, 6.07) is 5.91. The minimum Gasteiger partial charge on any atom is -0.368 e. The highest BCUT2D eigenvalue weighted by molar-refractivity contribution is 7.88. The van der Waals surface area contributed by atoms with Crippen LogP contribution >= 0.6 is 23.2 Å². The number of nitrogens with one attached hydrogen (secondary N) is 1. The van der Waals surface area contributed by atoms with Gasteiger partial charge in [0.05, 0.1) is 22.0 Å². The molecule has 25 heavy (non-hydrogen) atoms. The van der Waals surface area contributed by atoms with Gasteiger partial charge >= 0.3 is 0 Å². The third kappa shape index (κ3) is 5.23. The second-order valence-corrected chi connectivity index (χ2v) is 9.68. The Morgan fingerprint density at radius 3 is 2.48 bits per heavy atom. The lowest BCUT2D eigenvalue weighted by molar-refractivity contribution is 0.182. The van der Waals surface area contributed by atoms with E-state index in [2.05, 4.69) is 14.5 Å². The molecule has 140 valence electrons. The minimum atomic E-state index is -3.07. The van der Waals surface area contributed by atoms with Crippen molar-refractivity contribution in [1.82, 2.24) is 9.62 Å². The maximum atomic E-state index is 11.2. The molecule has 5 nitrogen and oxygen atoms in total. The van der Waals surface area contributed by atoms with Gasteiger partial charge in [0.15, 0.2) is 0 Å². The van der Waals surface area contributed by atoms with Gasteiger partial charge in [-0.15, -0.1) is 0 Å². The fourth-order valence-electron chi connectivity index (χ4n) is 3.68. The van der Waals surface area contributed by atoms with Crippen molar-refractivity contribution in [3.8, 4) is 0 Å². The molecule has 1 N–H and O–H groups in total. The highest BCUT2D eigenvalue weighted by Crippen LogP contribution is 2.33. The molecular weight excluding hydrogens is 381 g/mol. The summed E-state index contributed by atoms with van der Waals surface area (Å²) in [6.45, 7) is 5.00. The van der Waals surface area contributed by atoms with E-state index in [0.717, 1.165) is 57.7 Å². The zero-order valence-electron chi connectivity index (χ0n) is 14.4. The SMILES string of the molecule is CS(=O)(=O)NC1CC(CCN2CCN(c3cccc(Cl)c3Cl)CC2)C1. The molecule has 8 heteroatoms. The van der Waals surface area contributed by atoms with Gasteiger partial charge in [0, 0.05) is 32.2 Å². The summed E-state index contributed by atoms with van der Waals surface area (Å²) in [5, 5.41) is 1.24. The van der Waals surface area contributed by atoms with Crippen molar-refractivity contribution in [2.75, 3.05) is 43.9 Å². The van der Waals surface area contributed by atoms with Crippen molar-refractivity contribution in [3.05, 3.63) is 28.2 Å². The summed E-state index contributed by atoms with van der Waals surface area (Å²) in [7, 11) is -3.07. The maximum absolute atomic E-state index is 11.2. The molecule has 1 aromatic rings. The van der Waals surface area contributed by atoms with E-state index in [1.54, 1.807) is 0 Å². The molecule has 0 radical (unpaired) electrons. The fourth-order valence-corrected chi connectivity index (χ4v) is 4.90. The predicted molar refractivity (Wildman–Crippen MR) is 104 cm³/mol. The predicted octanol–water partition coefficient (Wildman–Crippen LogP) is 2.83. The van der Waals surface area contributed by atoms with Gasteiger partial charge in [-0.2, -0.15) is 0 Å². The molecule has 2 fully saturated rings. The van der Waals surface area contributed by atoms with Crippen LogP contribution in [0, 0.1) is 5.92 Å². The van der Waals surface area contributed by atoms with E-state index in [4.69, 9.17) is 23.2 Å². The molecule has 0 unspecified atom stereocenters. The standard InChI is InChI=1S/C17H25Cl2N3O2S/c1-25(23,24)20-14-11-13(12-14)5-6-21-7-9-22(10-8-21)16-4-2-3-15(18)17(16)19/h2-4,13-14,20H,5-12H2,1H3. The molecule has 2 aliphatic rings. The molecular formula is C17H25Cl2N3O2S. The third-order valence-electron chi connectivity index (χ3n) is 5.11. The Morgan fingerprint density at radius 2 is 1.84 bits per heavy atom. The summed E-state index contributed by atoms with van der Waals surface area (Å²) < 4.78 is 25.1. The number of piperazine rings is 1. The first-order chi connectivity index (χ1) is 11.8. The smallest absolute Gasteiger partial charge is 0.208 e. The fraction of sp³-hybridized carbons (Fsp3) is 0.647. The topological polar surface area (TPSA) is 52.7 Å². The van der Waals surface area contributed by atoms with Crippen molar-refractivity contribution in [1.29, 1.82) is 0 Å². The van der Waals surface area contributed by atoms with Crippen LogP contribution in [-0.2, 0) is 10.0 Å². The minimum absolute atomic E-state index is 0.141. The first kappa shape index (κ1) is 19.2. The lowest BCUT2D eigenvalue weighted by Gasteiger charge is -2.39. The molecule has 0 amide bonds. The average molecular weight is 406 g/mol. The van der Waals surface area contributed by atoms with Crippen molar-refractivity contribution in [3.63, 3.8) is 0 Å². The summed E-state index contributed by atoms with van der Waals surface area (Å²) in [5.74, 6) is 0.639. The Bertz CT molecular complexity index is 700. The summed E-state index contributed by atoms with van der Waals surface area (Å²) in [6.07, 6.45) is 4.29. The van der Waals surface area contributed by atoms with Gasteiger partial charge in [0.2, 0.25) is 10.0 Å². The Balaban J connectivity index is 1.38. The third-order valence-corrected chi connectivity index (χ3v) is 6.68. The number of halogens is 2. The van der Waals surface area contributed by atoms with E-state index in [-0.39, 0.29) is 6.04 Å². The van der Waals surface area contributed by atoms with Gasteiger partial charge in [-0.3, -0.25) is 4.90 Å². The van der Waals surface area contributed by atoms with Crippen molar-refractivity contribution < 1.29 is 8.42 Å². The largest absolute Gasteiger partial charge is 0.368 e. The van der Waals surface area contributed by atoms with Gasteiger partial charge in [0.1, 0.15) is 0 Å². The van der Waals surface area contributed by atoms with Crippen molar-refractivity contribution in [2.24, 2.45) is 5.92 Å². The number of sulfonamides is 1. The van der Waals surface area contributed by atoms with Crippen LogP contribution in [0.1, 0.15) is 19.3 Å². The zero-order valence-corrected chi connectivity index (χ0v) is 16.7. The Kier molecular flexibility index (Phi) is 6.16. The average Bonchev–Trinajstić information content (AvgIpc) is 2.52. The van der Waals surface area contributed by atoms with Crippen LogP contribution in [0.25, 0.3) is 0 Å². The van der Waals surface area contributed by atoms with Crippen LogP contribution in [0.3, 0.4) is 0 Å². The number of hydrogen-bond acceptors (Lipinski definition) is 4. The molecule has 0 bridgehead atoms. The van der Waals surface area contributed by atoms with Crippen LogP contribution in [0.2, 0.25) is 10.0 Å². The van der Waals surface area contributed by atoms with Crippen LogP contribution in [0.4, 0.5) is 5.69 Å². The van der Waals surface area contributed by atoms with Crippen LogP contribution in [-0.4, -0.2) is 58.3 Å². The molecule has 1 heterocycles. The highest BCUT2D eigenvalue weighted by Gasteiger charge is 2.31. The lowest BCUT2D eigenvalue weighted by Crippen LogP contribution is -2.48. The molecule has 1 saturated heterocycles. The molecule has 1 aromatic carbocycles.